The molecule has 0 spiro atoms. The zero-order chi connectivity index (χ0) is 35.6. The highest BCUT2D eigenvalue weighted by molar-refractivity contribution is 6.17. The van der Waals surface area contributed by atoms with Gasteiger partial charge in [-0.25, -0.2) is 24.9 Å². The number of benzene rings is 6. The number of aromatic nitrogens is 5. The second kappa shape index (κ2) is 12.1. The Kier molecular flexibility index (Phi) is 6.79. The van der Waals surface area contributed by atoms with E-state index in [0.29, 0.717) is 0 Å². The van der Waals surface area contributed by atoms with Crippen molar-refractivity contribution >= 4 is 65.4 Å². The second-order valence-corrected chi connectivity index (χ2v) is 13.6. The second-order valence-electron chi connectivity index (χ2n) is 13.6. The number of pyridine rings is 5. The van der Waals surface area contributed by atoms with Gasteiger partial charge in [0.2, 0.25) is 0 Å². The van der Waals surface area contributed by atoms with Crippen LogP contribution in [0.25, 0.3) is 110 Å². The summed E-state index contributed by atoms with van der Waals surface area (Å²) in [6.07, 6.45) is 0. The van der Waals surface area contributed by atoms with E-state index in [9.17, 15) is 0 Å². The molecule has 0 fully saturated rings. The Bertz CT molecular complexity index is 3050. The van der Waals surface area contributed by atoms with E-state index in [1.165, 1.54) is 11.1 Å². The third kappa shape index (κ3) is 4.83. The minimum absolute atomic E-state index is 0.769. The molecule has 0 aliphatic rings. The average molecular weight is 688 g/mol. The first kappa shape index (κ1) is 30.3. The summed E-state index contributed by atoms with van der Waals surface area (Å²) in [5.74, 6) is 0. The Morgan fingerprint density at radius 2 is 0.648 bits per heavy atom. The lowest BCUT2D eigenvalue weighted by Gasteiger charge is -2.14. The lowest BCUT2D eigenvalue weighted by Crippen LogP contribution is -1.96. The van der Waals surface area contributed by atoms with Crippen LogP contribution in [0.1, 0.15) is 0 Å². The fraction of sp³-hybridized carbons (Fsp3) is 0. The van der Waals surface area contributed by atoms with E-state index in [-0.39, 0.29) is 0 Å². The average Bonchev–Trinajstić information content (AvgIpc) is 3.25. The maximum absolute atomic E-state index is 5.25. The monoisotopic (exact) mass is 687 g/mol. The van der Waals surface area contributed by atoms with Crippen molar-refractivity contribution in [1.29, 1.82) is 0 Å². The van der Waals surface area contributed by atoms with Crippen LogP contribution in [0.4, 0.5) is 0 Å². The number of nitrogens with zero attached hydrogens (tertiary/aromatic N) is 5. The molecule has 0 atom stereocenters. The Balaban J connectivity index is 1.07. The summed E-state index contributed by atoms with van der Waals surface area (Å²) in [6, 6.07) is 60.8. The van der Waals surface area contributed by atoms with Gasteiger partial charge in [0.1, 0.15) is 0 Å². The van der Waals surface area contributed by atoms with E-state index in [0.717, 1.165) is 99.3 Å². The van der Waals surface area contributed by atoms with Crippen LogP contribution in [0.2, 0.25) is 0 Å². The van der Waals surface area contributed by atoms with Gasteiger partial charge in [-0.15, -0.1) is 0 Å². The molecule has 0 aliphatic carbocycles. The SMILES string of the molecule is c1ccc(-c2c3ccccc3nc3c2ccc2ccc(-c4cccc(-c5ccc6ccc7c(-c8ccccc8)c8ccccc8nc7c6n5)n4)nc23)cc1. The van der Waals surface area contributed by atoms with Crippen LogP contribution in [-0.4, -0.2) is 24.9 Å². The highest BCUT2D eigenvalue weighted by atomic mass is 14.8. The fourth-order valence-corrected chi connectivity index (χ4v) is 7.91. The number of rotatable bonds is 4. The van der Waals surface area contributed by atoms with Gasteiger partial charge in [-0.1, -0.05) is 140 Å². The molecule has 5 aromatic heterocycles. The van der Waals surface area contributed by atoms with Crippen molar-refractivity contribution in [2.24, 2.45) is 0 Å². The van der Waals surface area contributed by atoms with Gasteiger partial charge in [-0.05, 0) is 47.5 Å². The maximum Gasteiger partial charge on any atom is 0.0978 e. The molecule has 11 rings (SSSR count). The van der Waals surface area contributed by atoms with Crippen LogP contribution in [0.5, 0.6) is 0 Å². The van der Waals surface area contributed by atoms with E-state index < -0.39 is 0 Å². The van der Waals surface area contributed by atoms with E-state index in [4.69, 9.17) is 24.9 Å². The van der Waals surface area contributed by atoms with Gasteiger partial charge in [0.05, 0.1) is 55.9 Å². The van der Waals surface area contributed by atoms with Crippen LogP contribution in [0, 0.1) is 0 Å². The predicted octanol–water partition coefficient (Wildman–Crippen LogP) is 12.2. The van der Waals surface area contributed by atoms with Crippen LogP contribution >= 0.6 is 0 Å². The maximum atomic E-state index is 5.25. The smallest absolute Gasteiger partial charge is 0.0978 e. The summed E-state index contributed by atoms with van der Waals surface area (Å²) in [5.41, 5.74) is 13.1. The summed E-state index contributed by atoms with van der Waals surface area (Å²) < 4.78 is 0. The molecule has 0 saturated heterocycles. The van der Waals surface area contributed by atoms with E-state index in [1.54, 1.807) is 0 Å². The van der Waals surface area contributed by atoms with Crippen molar-refractivity contribution < 1.29 is 0 Å². The predicted molar refractivity (Wildman–Crippen MR) is 222 cm³/mol. The van der Waals surface area contributed by atoms with Crippen LogP contribution < -0.4 is 0 Å². The third-order valence-corrected chi connectivity index (χ3v) is 10.4. The topological polar surface area (TPSA) is 64.5 Å². The molecule has 5 nitrogen and oxygen atoms in total. The molecule has 0 unspecified atom stereocenters. The number of hydrogen-bond donors (Lipinski definition) is 0. The summed E-state index contributed by atoms with van der Waals surface area (Å²) >= 11 is 0. The fourth-order valence-electron chi connectivity index (χ4n) is 7.91. The number of para-hydroxylation sites is 2. The molecular formula is C49H29N5. The Labute approximate surface area is 310 Å². The van der Waals surface area contributed by atoms with Gasteiger partial charge >= 0.3 is 0 Å². The Morgan fingerprint density at radius 1 is 0.241 bits per heavy atom. The molecule has 0 bridgehead atoms. The van der Waals surface area contributed by atoms with Gasteiger partial charge in [-0.2, -0.15) is 0 Å². The lowest BCUT2D eigenvalue weighted by molar-refractivity contribution is 1.25. The van der Waals surface area contributed by atoms with Crippen molar-refractivity contribution in [3.05, 3.63) is 176 Å². The zero-order valence-electron chi connectivity index (χ0n) is 29.0. The van der Waals surface area contributed by atoms with Gasteiger partial charge in [-0.3, -0.25) is 0 Å². The van der Waals surface area contributed by atoms with Crippen LogP contribution in [0.3, 0.4) is 0 Å². The summed E-state index contributed by atoms with van der Waals surface area (Å²) in [7, 11) is 0. The van der Waals surface area contributed by atoms with Gasteiger partial charge in [0.25, 0.3) is 0 Å². The van der Waals surface area contributed by atoms with Crippen molar-refractivity contribution in [2.45, 2.75) is 0 Å². The van der Waals surface area contributed by atoms with Crippen molar-refractivity contribution in [2.75, 3.05) is 0 Å². The molecule has 0 saturated carbocycles. The molecule has 54 heavy (non-hydrogen) atoms. The van der Waals surface area contributed by atoms with Crippen LogP contribution in [-0.2, 0) is 0 Å². The molecule has 0 amide bonds. The highest BCUT2D eigenvalue weighted by Crippen LogP contribution is 2.39. The first-order chi connectivity index (χ1) is 26.8. The van der Waals surface area contributed by atoms with E-state index in [1.807, 2.05) is 42.5 Å². The molecule has 0 N–H and O–H groups in total. The molecule has 6 aromatic carbocycles. The van der Waals surface area contributed by atoms with Crippen LogP contribution in [0.15, 0.2) is 176 Å². The number of fused-ring (bicyclic) bond motifs is 8. The molecule has 5 heteroatoms. The van der Waals surface area contributed by atoms with Crippen molar-refractivity contribution in [3.8, 4) is 45.0 Å². The largest absolute Gasteiger partial charge is 0.245 e. The van der Waals surface area contributed by atoms with Crippen molar-refractivity contribution in [1.82, 2.24) is 24.9 Å². The van der Waals surface area contributed by atoms with Gasteiger partial charge < -0.3 is 0 Å². The highest BCUT2D eigenvalue weighted by Gasteiger charge is 2.17. The molecule has 0 aliphatic heterocycles. The van der Waals surface area contributed by atoms with Crippen molar-refractivity contribution in [3.63, 3.8) is 0 Å². The zero-order valence-corrected chi connectivity index (χ0v) is 29.0. The van der Waals surface area contributed by atoms with Gasteiger partial charge in [0.15, 0.2) is 0 Å². The third-order valence-electron chi connectivity index (χ3n) is 10.4. The normalized spacial score (nSPS) is 11.7. The first-order valence-corrected chi connectivity index (χ1v) is 18.1. The lowest BCUT2D eigenvalue weighted by atomic mass is 9.95. The first-order valence-electron chi connectivity index (χ1n) is 18.1. The molecule has 0 radical (unpaired) electrons. The van der Waals surface area contributed by atoms with E-state index >= 15 is 0 Å². The van der Waals surface area contributed by atoms with Gasteiger partial charge in [0, 0.05) is 43.4 Å². The summed E-state index contributed by atoms with van der Waals surface area (Å²) in [6.45, 7) is 0. The molecule has 250 valence electrons. The standard InChI is InChI=1S/C49H29N5/c1-3-12-30(13-4-1)44-34-16-7-9-18-38(34)51-48-36(44)26-22-32-24-28-42(53-46(32)48)40-20-11-21-41(50-40)43-29-25-33-23-27-37-45(31-14-5-2-6-15-31)35-17-8-10-19-39(35)52-49(37)47(33)54-43/h1-29H. The summed E-state index contributed by atoms with van der Waals surface area (Å²) in [5, 5.41) is 6.45. The molecule has 11 aromatic rings. The Morgan fingerprint density at radius 3 is 1.13 bits per heavy atom. The summed E-state index contributed by atoms with van der Waals surface area (Å²) in [4.78, 5) is 26.0. The molecule has 5 heterocycles. The minimum atomic E-state index is 0.769. The number of hydrogen-bond acceptors (Lipinski definition) is 5. The van der Waals surface area contributed by atoms with E-state index in [2.05, 4.69) is 133 Å². The minimum Gasteiger partial charge on any atom is -0.245 e. The quantitative estimate of drug-likeness (QED) is 0.136. The Hall–Kier alpha value is -7.37. The molecular weight excluding hydrogens is 659 g/mol.